The van der Waals surface area contributed by atoms with Crippen LogP contribution in [-0.4, -0.2) is 48.9 Å². The first-order valence-electron chi connectivity index (χ1n) is 11.9. The van der Waals surface area contributed by atoms with Gasteiger partial charge in [0.05, 0.1) is 18.5 Å². The number of carbonyl (C=O) groups is 3. The zero-order chi connectivity index (χ0) is 24.5. The first-order valence-corrected chi connectivity index (χ1v) is 12.8. The van der Waals surface area contributed by atoms with Crippen LogP contribution in [0.15, 0.2) is 41.8 Å². The molecule has 1 fully saturated rings. The molecule has 2 aromatic rings. The van der Waals surface area contributed by atoms with Crippen molar-refractivity contribution in [3.05, 3.63) is 52.2 Å². The number of thiophene rings is 1. The smallest absolute Gasteiger partial charge is 0.261 e. The molecule has 7 nitrogen and oxygen atoms in total. The molecule has 0 aliphatic heterocycles. The Morgan fingerprint density at radius 3 is 2.41 bits per heavy atom. The number of nitrogens with zero attached hydrogens (tertiary/aromatic N) is 1. The maximum absolute atomic E-state index is 13.5. The quantitative estimate of drug-likeness (QED) is 0.500. The van der Waals surface area contributed by atoms with E-state index in [9.17, 15) is 14.4 Å². The van der Waals surface area contributed by atoms with E-state index in [4.69, 9.17) is 4.74 Å². The zero-order valence-corrected chi connectivity index (χ0v) is 21.0. The Bertz CT molecular complexity index is 937. The molecule has 8 heteroatoms. The van der Waals surface area contributed by atoms with Crippen molar-refractivity contribution in [2.75, 3.05) is 20.2 Å². The van der Waals surface area contributed by atoms with Gasteiger partial charge in [-0.05, 0) is 54.3 Å². The number of nitrogens with one attached hydrogen (secondary N) is 2. The monoisotopic (exact) mass is 485 g/mol. The maximum Gasteiger partial charge on any atom is 0.261 e. The molecule has 0 spiro atoms. The highest BCUT2D eigenvalue weighted by Crippen LogP contribution is 2.26. The number of rotatable bonds is 11. The van der Waals surface area contributed by atoms with Gasteiger partial charge in [-0.25, -0.2) is 0 Å². The summed E-state index contributed by atoms with van der Waals surface area (Å²) >= 11 is 1.32. The normalized spacial score (nSPS) is 14.6. The molecule has 3 amide bonds. The number of carbonyl (C=O) groups excluding carboxylic acids is 3. The van der Waals surface area contributed by atoms with Gasteiger partial charge in [-0.15, -0.1) is 11.3 Å². The molecule has 1 saturated carbocycles. The topological polar surface area (TPSA) is 87.7 Å². The molecular formula is C26H35N3O4S. The first-order chi connectivity index (χ1) is 16.4. The van der Waals surface area contributed by atoms with Gasteiger partial charge in [0.2, 0.25) is 11.8 Å². The van der Waals surface area contributed by atoms with E-state index in [1.807, 2.05) is 17.5 Å². The Morgan fingerprint density at radius 2 is 1.82 bits per heavy atom. The molecular weight excluding hydrogens is 450 g/mol. The zero-order valence-electron chi connectivity index (χ0n) is 20.2. The number of methoxy groups -OCH3 is 1. The number of ether oxygens (including phenoxy) is 1. The second kappa shape index (κ2) is 12.6. The lowest BCUT2D eigenvalue weighted by atomic mass is 10.0. The molecule has 1 aliphatic rings. The summed E-state index contributed by atoms with van der Waals surface area (Å²) in [7, 11) is 1.59. The van der Waals surface area contributed by atoms with Crippen LogP contribution in [-0.2, 0) is 9.59 Å². The molecule has 3 rings (SSSR count). The lowest BCUT2D eigenvalue weighted by molar-refractivity contribution is -0.140. The van der Waals surface area contributed by atoms with Crippen molar-refractivity contribution >= 4 is 29.1 Å². The van der Waals surface area contributed by atoms with Crippen LogP contribution < -0.4 is 15.4 Å². The SMILES string of the molecule is COc1ccc(C(C(=O)NC2CCCC2)N(CCC(C)C)C(=O)CNC(=O)c2cccs2)cc1. The van der Waals surface area contributed by atoms with Crippen LogP contribution in [0.25, 0.3) is 0 Å². The van der Waals surface area contributed by atoms with Crippen LogP contribution in [0.5, 0.6) is 5.75 Å². The van der Waals surface area contributed by atoms with Gasteiger partial charge in [0.25, 0.3) is 5.91 Å². The number of hydrogen-bond donors (Lipinski definition) is 2. The van der Waals surface area contributed by atoms with E-state index in [0.717, 1.165) is 37.7 Å². The predicted molar refractivity (Wildman–Crippen MR) is 134 cm³/mol. The van der Waals surface area contributed by atoms with E-state index in [1.54, 1.807) is 36.3 Å². The average molecular weight is 486 g/mol. The van der Waals surface area contributed by atoms with E-state index in [0.29, 0.717) is 23.1 Å². The molecule has 184 valence electrons. The maximum atomic E-state index is 13.5. The predicted octanol–water partition coefficient (Wildman–Crippen LogP) is 4.16. The summed E-state index contributed by atoms with van der Waals surface area (Å²) in [4.78, 5) is 41.5. The Hall–Kier alpha value is -2.87. The van der Waals surface area contributed by atoms with Crippen LogP contribution in [0.1, 0.15) is 67.2 Å². The molecule has 1 aromatic heterocycles. The van der Waals surface area contributed by atoms with Crippen molar-refractivity contribution in [2.45, 2.75) is 58.0 Å². The summed E-state index contributed by atoms with van der Waals surface area (Å²) in [5.74, 6) is 0.280. The van der Waals surface area contributed by atoms with Crippen LogP contribution in [0.4, 0.5) is 0 Å². The number of amides is 3. The van der Waals surface area contributed by atoms with Crippen LogP contribution in [0.3, 0.4) is 0 Å². The third-order valence-electron chi connectivity index (χ3n) is 6.11. The molecule has 1 heterocycles. The average Bonchev–Trinajstić information content (AvgIpc) is 3.54. The fraction of sp³-hybridized carbons (Fsp3) is 0.500. The molecule has 1 unspecified atom stereocenters. The Morgan fingerprint density at radius 1 is 1.12 bits per heavy atom. The fourth-order valence-corrected chi connectivity index (χ4v) is 4.80. The van der Waals surface area contributed by atoms with Gasteiger partial charge in [-0.2, -0.15) is 0 Å². The van der Waals surface area contributed by atoms with Crippen LogP contribution >= 0.6 is 11.3 Å². The highest BCUT2D eigenvalue weighted by molar-refractivity contribution is 7.12. The summed E-state index contributed by atoms with van der Waals surface area (Å²) in [6.07, 6.45) is 4.86. The lowest BCUT2D eigenvalue weighted by Crippen LogP contribution is -2.49. The largest absolute Gasteiger partial charge is 0.497 e. The van der Waals surface area contributed by atoms with Crippen molar-refractivity contribution in [1.29, 1.82) is 0 Å². The Labute approximate surface area is 205 Å². The minimum absolute atomic E-state index is 0.133. The van der Waals surface area contributed by atoms with Gasteiger partial charge in [0.15, 0.2) is 0 Å². The molecule has 1 aromatic carbocycles. The van der Waals surface area contributed by atoms with E-state index < -0.39 is 6.04 Å². The summed E-state index contributed by atoms with van der Waals surface area (Å²) in [5, 5.41) is 7.70. The molecule has 1 atom stereocenters. The minimum Gasteiger partial charge on any atom is -0.497 e. The van der Waals surface area contributed by atoms with Crippen molar-refractivity contribution in [3.8, 4) is 5.75 Å². The third kappa shape index (κ3) is 7.06. The lowest BCUT2D eigenvalue weighted by Gasteiger charge is -2.33. The van der Waals surface area contributed by atoms with E-state index in [-0.39, 0.29) is 30.3 Å². The van der Waals surface area contributed by atoms with Gasteiger partial charge in [-0.1, -0.05) is 44.9 Å². The Balaban J connectivity index is 1.84. The van der Waals surface area contributed by atoms with Crippen molar-refractivity contribution in [2.24, 2.45) is 5.92 Å². The number of hydrogen-bond acceptors (Lipinski definition) is 5. The second-order valence-corrected chi connectivity index (χ2v) is 10.0. The molecule has 2 N–H and O–H groups in total. The Kier molecular flexibility index (Phi) is 9.51. The van der Waals surface area contributed by atoms with Gasteiger partial charge >= 0.3 is 0 Å². The summed E-state index contributed by atoms with van der Waals surface area (Å²) < 4.78 is 5.28. The van der Waals surface area contributed by atoms with Crippen molar-refractivity contribution < 1.29 is 19.1 Å². The fourth-order valence-electron chi connectivity index (χ4n) is 4.16. The standard InChI is InChI=1S/C26H35N3O4S/c1-18(2)14-15-29(23(30)17-27-25(31)22-9-6-16-34-22)24(19-10-12-21(33-3)13-11-19)26(32)28-20-7-4-5-8-20/h6,9-13,16,18,20,24H,4-5,7-8,14-15,17H2,1-3H3,(H,27,31)(H,28,32). The summed E-state index contributed by atoms with van der Waals surface area (Å²) in [6, 6.07) is 10.1. The van der Waals surface area contributed by atoms with Gasteiger partial charge in [0, 0.05) is 12.6 Å². The second-order valence-electron chi connectivity index (χ2n) is 9.10. The van der Waals surface area contributed by atoms with Crippen LogP contribution in [0, 0.1) is 5.92 Å². The van der Waals surface area contributed by atoms with Crippen molar-refractivity contribution in [1.82, 2.24) is 15.5 Å². The van der Waals surface area contributed by atoms with E-state index in [2.05, 4.69) is 24.5 Å². The van der Waals surface area contributed by atoms with Crippen LogP contribution in [0.2, 0.25) is 0 Å². The van der Waals surface area contributed by atoms with Gasteiger partial charge < -0.3 is 20.3 Å². The highest BCUT2D eigenvalue weighted by Gasteiger charge is 2.33. The van der Waals surface area contributed by atoms with Gasteiger partial charge in [-0.3, -0.25) is 14.4 Å². The molecule has 0 bridgehead atoms. The molecule has 34 heavy (non-hydrogen) atoms. The van der Waals surface area contributed by atoms with E-state index >= 15 is 0 Å². The minimum atomic E-state index is -0.781. The number of benzene rings is 1. The van der Waals surface area contributed by atoms with Gasteiger partial charge in [0.1, 0.15) is 11.8 Å². The third-order valence-corrected chi connectivity index (χ3v) is 6.97. The molecule has 1 aliphatic carbocycles. The highest BCUT2D eigenvalue weighted by atomic mass is 32.1. The summed E-state index contributed by atoms with van der Waals surface area (Å²) in [6.45, 7) is 4.42. The summed E-state index contributed by atoms with van der Waals surface area (Å²) in [5.41, 5.74) is 0.720. The van der Waals surface area contributed by atoms with E-state index in [1.165, 1.54) is 11.3 Å². The first kappa shape index (κ1) is 25.7. The molecule has 0 radical (unpaired) electrons. The molecule has 0 saturated heterocycles. The van der Waals surface area contributed by atoms with Crippen molar-refractivity contribution in [3.63, 3.8) is 0 Å².